The molecule has 2 heterocycles. The normalized spacial score (nSPS) is 9.75. The molecule has 0 atom stereocenters. The van der Waals surface area contributed by atoms with E-state index in [2.05, 4.69) is 20.1 Å². The van der Waals surface area contributed by atoms with Gasteiger partial charge in [0.2, 0.25) is 6.08 Å². The van der Waals surface area contributed by atoms with E-state index in [1.807, 2.05) is 12.1 Å². The molecule has 2 aromatic heterocycles. The highest BCUT2D eigenvalue weighted by Crippen LogP contribution is 2.04. The number of nitrogens with zero attached hydrogens (tertiary/aromatic N) is 5. The first-order valence-corrected chi connectivity index (χ1v) is 4.74. The smallest absolute Gasteiger partial charge is 0.234 e. The fourth-order valence-electron chi connectivity index (χ4n) is 1.26. The zero-order valence-electron chi connectivity index (χ0n) is 8.45. The number of isocyanates is 1. The van der Waals surface area contributed by atoms with Crippen molar-refractivity contribution in [1.29, 1.82) is 0 Å². The lowest BCUT2D eigenvalue weighted by Gasteiger charge is -2.00. The molecule has 2 rings (SSSR count). The molecule has 0 N–H and O–H groups in total. The molecule has 0 aliphatic heterocycles. The van der Waals surface area contributed by atoms with Crippen molar-refractivity contribution in [3.63, 3.8) is 0 Å². The average Bonchev–Trinajstić information content (AvgIpc) is 2.84. The second-order valence-corrected chi connectivity index (χ2v) is 3.09. The summed E-state index contributed by atoms with van der Waals surface area (Å²) in [7, 11) is 0. The van der Waals surface area contributed by atoms with Gasteiger partial charge in [0.15, 0.2) is 5.82 Å². The Bertz CT molecular complexity index is 484. The number of hydrogen-bond acceptors (Lipinski definition) is 5. The van der Waals surface area contributed by atoms with Gasteiger partial charge in [-0.15, -0.1) is 0 Å². The SMILES string of the molecule is O=C=NCCc1ccc(-n2cncn2)nc1. The Hall–Kier alpha value is -2.33. The van der Waals surface area contributed by atoms with E-state index >= 15 is 0 Å². The van der Waals surface area contributed by atoms with E-state index in [1.165, 1.54) is 12.4 Å². The molecule has 6 nitrogen and oxygen atoms in total. The predicted octanol–water partition coefficient (Wildman–Crippen LogP) is 0.541. The van der Waals surface area contributed by atoms with Gasteiger partial charge in [0, 0.05) is 6.20 Å². The largest absolute Gasteiger partial charge is 0.237 e. The number of hydrogen-bond donors (Lipinski definition) is 0. The third kappa shape index (κ3) is 2.37. The summed E-state index contributed by atoms with van der Waals surface area (Å²) in [5.74, 6) is 0.708. The summed E-state index contributed by atoms with van der Waals surface area (Å²) in [6.07, 6.45) is 6.95. The molecular weight excluding hydrogens is 206 g/mol. The van der Waals surface area contributed by atoms with Crippen LogP contribution in [0.2, 0.25) is 0 Å². The maximum atomic E-state index is 9.88. The maximum Gasteiger partial charge on any atom is 0.234 e. The molecule has 0 amide bonds. The van der Waals surface area contributed by atoms with Crippen LogP contribution in [0.25, 0.3) is 5.82 Å². The number of aromatic nitrogens is 4. The number of rotatable bonds is 4. The van der Waals surface area contributed by atoms with E-state index in [0.717, 1.165) is 5.56 Å². The van der Waals surface area contributed by atoms with E-state index in [0.29, 0.717) is 18.8 Å². The lowest BCUT2D eigenvalue weighted by Crippen LogP contribution is -1.99. The van der Waals surface area contributed by atoms with Gasteiger partial charge < -0.3 is 0 Å². The Labute approximate surface area is 91.7 Å². The van der Waals surface area contributed by atoms with Gasteiger partial charge in [-0.2, -0.15) is 5.10 Å². The van der Waals surface area contributed by atoms with Crippen molar-refractivity contribution >= 4 is 6.08 Å². The number of pyridine rings is 1. The van der Waals surface area contributed by atoms with E-state index < -0.39 is 0 Å². The van der Waals surface area contributed by atoms with Gasteiger partial charge in [0.1, 0.15) is 12.7 Å². The van der Waals surface area contributed by atoms with Crippen LogP contribution in [-0.2, 0) is 11.2 Å². The highest BCUT2D eigenvalue weighted by Gasteiger charge is 1.98. The fraction of sp³-hybridized carbons (Fsp3) is 0.200. The molecule has 0 aliphatic rings. The van der Waals surface area contributed by atoms with Crippen molar-refractivity contribution in [1.82, 2.24) is 19.7 Å². The molecule has 0 aliphatic carbocycles. The van der Waals surface area contributed by atoms with Crippen LogP contribution in [0, 0.1) is 0 Å². The van der Waals surface area contributed by atoms with Crippen LogP contribution in [-0.4, -0.2) is 32.4 Å². The fourth-order valence-corrected chi connectivity index (χ4v) is 1.26. The summed E-state index contributed by atoms with van der Waals surface area (Å²) in [5, 5.41) is 3.96. The van der Waals surface area contributed by atoms with Crippen LogP contribution >= 0.6 is 0 Å². The molecule has 6 heteroatoms. The van der Waals surface area contributed by atoms with Gasteiger partial charge in [-0.1, -0.05) is 6.07 Å². The first-order valence-electron chi connectivity index (χ1n) is 4.74. The minimum Gasteiger partial charge on any atom is -0.237 e. The molecule has 16 heavy (non-hydrogen) atoms. The van der Waals surface area contributed by atoms with Crippen LogP contribution in [0.3, 0.4) is 0 Å². The van der Waals surface area contributed by atoms with E-state index in [4.69, 9.17) is 0 Å². The minimum absolute atomic E-state index is 0.438. The van der Waals surface area contributed by atoms with Crippen molar-refractivity contribution in [2.45, 2.75) is 6.42 Å². The van der Waals surface area contributed by atoms with Gasteiger partial charge in [0.05, 0.1) is 6.54 Å². The van der Waals surface area contributed by atoms with E-state index in [-0.39, 0.29) is 0 Å². The average molecular weight is 215 g/mol. The van der Waals surface area contributed by atoms with Crippen LogP contribution in [0.5, 0.6) is 0 Å². The van der Waals surface area contributed by atoms with Crippen molar-refractivity contribution in [2.24, 2.45) is 4.99 Å². The molecule has 0 saturated heterocycles. The second-order valence-electron chi connectivity index (χ2n) is 3.09. The number of carbonyl (C=O) groups excluding carboxylic acids is 1. The molecule has 0 unspecified atom stereocenters. The monoisotopic (exact) mass is 215 g/mol. The molecule has 0 saturated carbocycles. The van der Waals surface area contributed by atoms with E-state index in [9.17, 15) is 4.79 Å². The van der Waals surface area contributed by atoms with Crippen molar-refractivity contribution in [3.05, 3.63) is 36.5 Å². The molecule has 2 aromatic rings. The first kappa shape index (κ1) is 10.2. The molecule has 0 aromatic carbocycles. The molecule has 80 valence electrons. The standard InChI is InChI=1S/C10H9N5O/c16-8-11-4-3-9-1-2-10(13-5-9)15-7-12-6-14-15/h1-2,5-7H,3-4H2. The van der Waals surface area contributed by atoms with Crippen LogP contribution in [0.15, 0.2) is 36.0 Å². The molecule has 0 fully saturated rings. The summed E-state index contributed by atoms with van der Waals surface area (Å²) in [6, 6.07) is 3.76. The lowest BCUT2D eigenvalue weighted by molar-refractivity contribution is 0.563. The quantitative estimate of drug-likeness (QED) is 0.551. The summed E-state index contributed by atoms with van der Waals surface area (Å²) >= 11 is 0. The van der Waals surface area contributed by atoms with Gasteiger partial charge in [-0.05, 0) is 18.1 Å². The molecular formula is C10H9N5O. The molecule has 0 bridgehead atoms. The third-order valence-electron chi connectivity index (χ3n) is 2.04. The minimum atomic E-state index is 0.438. The zero-order chi connectivity index (χ0) is 11.2. The molecule has 0 spiro atoms. The van der Waals surface area contributed by atoms with E-state index in [1.54, 1.807) is 17.2 Å². The van der Waals surface area contributed by atoms with Crippen LogP contribution < -0.4 is 0 Å². The van der Waals surface area contributed by atoms with Crippen molar-refractivity contribution in [3.8, 4) is 5.82 Å². The van der Waals surface area contributed by atoms with Crippen molar-refractivity contribution in [2.75, 3.05) is 6.54 Å². The Balaban J connectivity index is 2.07. The highest BCUT2D eigenvalue weighted by molar-refractivity contribution is 5.33. The van der Waals surface area contributed by atoms with Crippen LogP contribution in [0.1, 0.15) is 5.56 Å². The topological polar surface area (TPSA) is 73.0 Å². The Morgan fingerprint density at radius 3 is 3.00 bits per heavy atom. The van der Waals surface area contributed by atoms with Gasteiger partial charge in [0.25, 0.3) is 0 Å². The Morgan fingerprint density at radius 1 is 1.44 bits per heavy atom. The summed E-state index contributed by atoms with van der Waals surface area (Å²) in [6.45, 7) is 0.438. The summed E-state index contributed by atoms with van der Waals surface area (Å²) in [4.78, 5) is 21.4. The van der Waals surface area contributed by atoms with Crippen molar-refractivity contribution < 1.29 is 4.79 Å². The van der Waals surface area contributed by atoms with Gasteiger partial charge in [-0.3, -0.25) is 0 Å². The second kappa shape index (κ2) is 4.95. The molecule has 0 radical (unpaired) electrons. The summed E-state index contributed by atoms with van der Waals surface area (Å²) in [5.41, 5.74) is 1.02. The van der Waals surface area contributed by atoms with Gasteiger partial charge in [-0.25, -0.2) is 24.4 Å². The van der Waals surface area contributed by atoms with Gasteiger partial charge >= 0.3 is 0 Å². The Morgan fingerprint density at radius 2 is 2.38 bits per heavy atom. The van der Waals surface area contributed by atoms with Crippen LogP contribution in [0.4, 0.5) is 0 Å². The highest BCUT2D eigenvalue weighted by atomic mass is 16.1. The maximum absolute atomic E-state index is 9.88. The third-order valence-corrected chi connectivity index (χ3v) is 2.04. The lowest BCUT2D eigenvalue weighted by atomic mass is 10.2. The first-order chi connectivity index (χ1) is 7.90. The summed E-state index contributed by atoms with van der Waals surface area (Å²) < 4.78 is 1.58. The zero-order valence-corrected chi connectivity index (χ0v) is 8.45. The predicted molar refractivity (Wildman–Crippen MR) is 55.8 cm³/mol. The Kier molecular flexibility index (Phi) is 3.15. The number of aliphatic imine (C=N–C) groups is 1.